The second-order valence-electron chi connectivity index (χ2n) is 5.21. The monoisotopic (exact) mass is 268 g/mol. The van der Waals surface area contributed by atoms with E-state index in [2.05, 4.69) is 10.1 Å². The lowest BCUT2D eigenvalue weighted by Crippen LogP contribution is -2.20. The van der Waals surface area contributed by atoms with Crippen LogP contribution in [0.5, 0.6) is 0 Å². The molecule has 1 aliphatic carbocycles. The zero-order valence-corrected chi connectivity index (χ0v) is 11.8. The molecule has 1 fully saturated rings. The summed E-state index contributed by atoms with van der Waals surface area (Å²) < 4.78 is 10.8. The van der Waals surface area contributed by atoms with Gasteiger partial charge in [-0.15, -0.1) is 0 Å². The van der Waals surface area contributed by atoms with Crippen LogP contribution in [0.3, 0.4) is 0 Å². The topological polar surface area (TPSA) is 68.4 Å². The van der Waals surface area contributed by atoms with E-state index in [-0.39, 0.29) is 12.2 Å². The van der Waals surface area contributed by atoms with Crippen molar-refractivity contribution in [2.45, 2.75) is 64.6 Å². The summed E-state index contributed by atoms with van der Waals surface area (Å²) in [6.45, 7) is 4.62. The molecule has 5 nitrogen and oxygen atoms in total. The summed E-state index contributed by atoms with van der Waals surface area (Å²) in [5, 5.41) is 14.1. The van der Waals surface area contributed by atoms with Crippen LogP contribution < -0.4 is 0 Å². The third kappa shape index (κ3) is 3.76. The van der Waals surface area contributed by atoms with E-state index in [9.17, 15) is 5.11 Å². The molecule has 0 radical (unpaired) electrons. The Morgan fingerprint density at radius 3 is 2.74 bits per heavy atom. The molecule has 1 aliphatic rings. The first-order valence-corrected chi connectivity index (χ1v) is 7.36. The lowest BCUT2D eigenvalue weighted by atomic mass is 9.98. The highest BCUT2D eigenvalue weighted by atomic mass is 16.5. The van der Waals surface area contributed by atoms with Gasteiger partial charge < -0.3 is 14.4 Å². The standard InChI is InChI=1S/C14H24N2O3/c1-3-12(18-4-2)14-15-13(19-16-14)9-11(17)10-7-5-6-8-10/h10-12,17H,3-9H2,1-2H3. The van der Waals surface area contributed by atoms with Crippen molar-refractivity contribution >= 4 is 0 Å². The lowest BCUT2D eigenvalue weighted by Gasteiger charge is -2.15. The van der Waals surface area contributed by atoms with Crippen molar-refractivity contribution < 1.29 is 14.4 Å². The third-order valence-corrected chi connectivity index (χ3v) is 3.84. The molecule has 1 heterocycles. The van der Waals surface area contributed by atoms with Gasteiger partial charge in [0.15, 0.2) is 0 Å². The first-order chi connectivity index (χ1) is 9.24. The van der Waals surface area contributed by atoms with Crippen LogP contribution in [0, 0.1) is 5.92 Å². The number of nitrogens with zero attached hydrogens (tertiary/aromatic N) is 2. The summed E-state index contributed by atoms with van der Waals surface area (Å²) in [5.41, 5.74) is 0. The van der Waals surface area contributed by atoms with Crippen molar-refractivity contribution in [3.8, 4) is 0 Å². The second-order valence-corrected chi connectivity index (χ2v) is 5.21. The van der Waals surface area contributed by atoms with Gasteiger partial charge in [0.05, 0.1) is 12.5 Å². The van der Waals surface area contributed by atoms with Crippen molar-refractivity contribution in [3.63, 3.8) is 0 Å². The Labute approximate surface area is 114 Å². The van der Waals surface area contributed by atoms with Crippen molar-refractivity contribution in [2.75, 3.05) is 6.61 Å². The van der Waals surface area contributed by atoms with Crippen molar-refractivity contribution in [1.29, 1.82) is 0 Å². The lowest BCUT2D eigenvalue weighted by molar-refractivity contribution is 0.0518. The molecule has 0 saturated heterocycles. The molecule has 1 N–H and O–H groups in total. The number of hydrogen-bond donors (Lipinski definition) is 1. The minimum Gasteiger partial charge on any atom is -0.392 e. The van der Waals surface area contributed by atoms with Gasteiger partial charge in [0, 0.05) is 6.61 Å². The van der Waals surface area contributed by atoms with Crippen LogP contribution in [0.2, 0.25) is 0 Å². The van der Waals surface area contributed by atoms with Gasteiger partial charge in [-0.2, -0.15) is 4.98 Å². The smallest absolute Gasteiger partial charge is 0.229 e. The Morgan fingerprint density at radius 2 is 2.11 bits per heavy atom. The Balaban J connectivity index is 1.92. The molecule has 5 heteroatoms. The molecule has 1 aromatic heterocycles. The van der Waals surface area contributed by atoms with E-state index < -0.39 is 0 Å². The van der Waals surface area contributed by atoms with Gasteiger partial charge >= 0.3 is 0 Å². The van der Waals surface area contributed by atoms with Gasteiger partial charge in [-0.3, -0.25) is 0 Å². The predicted molar refractivity (Wildman–Crippen MR) is 70.6 cm³/mol. The molecular formula is C14H24N2O3. The highest BCUT2D eigenvalue weighted by Gasteiger charge is 2.26. The van der Waals surface area contributed by atoms with Gasteiger partial charge in [-0.05, 0) is 32.1 Å². The van der Waals surface area contributed by atoms with E-state index in [0.29, 0.717) is 30.7 Å². The summed E-state index contributed by atoms with van der Waals surface area (Å²) in [5.74, 6) is 1.51. The van der Waals surface area contributed by atoms with E-state index in [4.69, 9.17) is 9.26 Å². The predicted octanol–water partition coefficient (Wildman–Crippen LogP) is 2.65. The van der Waals surface area contributed by atoms with Crippen LogP contribution in [-0.2, 0) is 11.2 Å². The van der Waals surface area contributed by atoms with Crippen LogP contribution in [0.1, 0.15) is 63.8 Å². The molecular weight excluding hydrogens is 244 g/mol. The Kier molecular flexibility index (Phi) is 5.34. The molecule has 0 amide bonds. The Bertz CT molecular complexity index is 375. The summed E-state index contributed by atoms with van der Waals surface area (Å²) >= 11 is 0. The largest absolute Gasteiger partial charge is 0.392 e. The number of aromatic nitrogens is 2. The molecule has 2 atom stereocenters. The van der Waals surface area contributed by atoms with Crippen LogP contribution in [0.15, 0.2) is 4.52 Å². The maximum atomic E-state index is 10.2. The third-order valence-electron chi connectivity index (χ3n) is 3.84. The van der Waals surface area contributed by atoms with Crippen LogP contribution in [0.25, 0.3) is 0 Å². The number of hydrogen-bond acceptors (Lipinski definition) is 5. The first kappa shape index (κ1) is 14.5. The van der Waals surface area contributed by atoms with E-state index in [1.807, 2.05) is 13.8 Å². The Morgan fingerprint density at radius 1 is 1.37 bits per heavy atom. The Hall–Kier alpha value is -0.940. The molecule has 19 heavy (non-hydrogen) atoms. The molecule has 2 unspecified atom stereocenters. The van der Waals surface area contributed by atoms with Crippen LogP contribution in [0.4, 0.5) is 0 Å². The van der Waals surface area contributed by atoms with Crippen LogP contribution >= 0.6 is 0 Å². The number of ether oxygens (including phenoxy) is 1. The quantitative estimate of drug-likeness (QED) is 0.823. The van der Waals surface area contributed by atoms with E-state index in [1.54, 1.807) is 0 Å². The van der Waals surface area contributed by atoms with Gasteiger partial charge in [0.1, 0.15) is 6.10 Å². The van der Waals surface area contributed by atoms with Gasteiger partial charge in [-0.1, -0.05) is 24.9 Å². The molecule has 1 aromatic rings. The maximum absolute atomic E-state index is 10.2. The van der Waals surface area contributed by atoms with Crippen molar-refractivity contribution in [3.05, 3.63) is 11.7 Å². The molecule has 0 bridgehead atoms. The first-order valence-electron chi connectivity index (χ1n) is 7.36. The average Bonchev–Trinajstić information content (AvgIpc) is 3.06. The van der Waals surface area contributed by atoms with Crippen molar-refractivity contribution in [2.24, 2.45) is 5.92 Å². The highest BCUT2D eigenvalue weighted by Crippen LogP contribution is 2.29. The van der Waals surface area contributed by atoms with Gasteiger partial charge in [0.2, 0.25) is 11.7 Å². The summed E-state index contributed by atoms with van der Waals surface area (Å²) in [4.78, 5) is 4.35. The molecule has 0 aliphatic heterocycles. The molecule has 1 saturated carbocycles. The maximum Gasteiger partial charge on any atom is 0.229 e. The summed E-state index contributed by atoms with van der Waals surface area (Å²) in [7, 11) is 0. The fourth-order valence-electron chi connectivity index (χ4n) is 2.75. The molecule has 108 valence electrons. The second kappa shape index (κ2) is 7.01. The zero-order valence-electron chi connectivity index (χ0n) is 11.8. The van der Waals surface area contributed by atoms with E-state index in [0.717, 1.165) is 19.3 Å². The molecule has 2 rings (SSSR count). The summed E-state index contributed by atoms with van der Waals surface area (Å²) in [6, 6.07) is 0. The minimum absolute atomic E-state index is 0.105. The fraction of sp³-hybridized carbons (Fsp3) is 0.857. The van der Waals surface area contributed by atoms with Gasteiger partial charge in [0.25, 0.3) is 0 Å². The van der Waals surface area contributed by atoms with Gasteiger partial charge in [-0.25, -0.2) is 0 Å². The normalized spacial score (nSPS) is 19.7. The van der Waals surface area contributed by atoms with Crippen LogP contribution in [-0.4, -0.2) is 28.0 Å². The molecule has 0 aromatic carbocycles. The SMILES string of the molecule is CCOC(CC)c1noc(CC(O)C2CCCC2)n1. The number of aliphatic hydroxyl groups is 1. The van der Waals surface area contributed by atoms with Crippen molar-refractivity contribution in [1.82, 2.24) is 10.1 Å². The average molecular weight is 268 g/mol. The molecule has 0 spiro atoms. The number of rotatable bonds is 7. The number of aliphatic hydroxyl groups excluding tert-OH is 1. The zero-order chi connectivity index (χ0) is 13.7. The highest BCUT2D eigenvalue weighted by molar-refractivity contribution is 4.93. The van der Waals surface area contributed by atoms with E-state index in [1.165, 1.54) is 12.8 Å². The minimum atomic E-state index is -0.358. The van der Waals surface area contributed by atoms with E-state index >= 15 is 0 Å². The summed E-state index contributed by atoms with van der Waals surface area (Å²) in [6.07, 6.45) is 5.47. The fourth-order valence-corrected chi connectivity index (χ4v) is 2.75.